The molecule has 142 valence electrons. The van der Waals surface area contributed by atoms with Crippen LogP contribution in [-0.4, -0.2) is 38.4 Å². The van der Waals surface area contributed by atoms with E-state index < -0.39 is 6.61 Å². The zero-order valence-electron chi connectivity index (χ0n) is 13.9. The SMILES string of the molecule is CCNC(=NCc1cc(Br)ccc1OC(F)F)NCC1CCCO1.I. The molecule has 1 atom stereocenters. The van der Waals surface area contributed by atoms with Crippen molar-refractivity contribution in [3.8, 4) is 5.75 Å². The van der Waals surface area contributed by atoms with Gasteiger partial charge in [0.1, 0.15) is 5.75 Å². The Bertz CT molecular complexity index is 558. The summed E-state index contributed by atoms with van der Waals surface area (Å²) < 4.78 is 35.9. The van der Waals surface area contributed by atoms with Crippen LogP contribution in [0.4, 0.5) is 8.78 Å². The highest BCUT2D eigenvalue weighted by molar-refractivity contribution is 14.0. The third kappa shape index (κ3) is 8.04. The summed E-state index contributed by atoms with van der Waals surface area (Å²) in [7, 11) is 0. The minimum absolute atomic E-state index is 0. The summed E-state index contributed by atoms with van der Waals surface area (Å²) in [6, 6.07) is 4.89. The molecule has 0 spiro atoms. The largest absolute Gasteiger partial charge is 0.434 e. The van der Waals surface area contributed by atoms with Crippen molar-refractivity contribution in [2.75, 3.05) is 19.7 Å². The molecule has 25 heavy (non-hydrogen) atoms. The van der Waals surface area contributed by atoms with E-state index in [-0.39, 0.29) is 42.4 Å². The number of ether oxygens (including phenoxy) is 2. The maximum absolute atomic E-state index is 12.5. The molecule has 0 saturated carbocycles. The Kier molecular flexibility index (Phi) is 10.6. The molecule has 9 heteroatoms. The van der Waals surface area contributed by atoms with E-state index in [0.29, 0.717) is 24.6 Å². The lowest BCUT2D eigenvalue weighted by atomic mass is 10.2. The monoisotopic (exact) mass is 533 g/mol. The lowest BCUT2D eigenvalue weighted by Crippen LogP contribution is -2.41. The summed E-state index contributed by atoms with van der Waals surface area (Å²) >= 11 is 3.34. The fourth-order valence-corrected chi connectivity index (χ4v) is 2.81. The Hall–Kier alpha value is -0.680. The van der Waals surface area contributed by atoms with Crippen molar-refractivity contribution < 1.29 is 18.3 Å². The van der Waals surface area contributed by atoms with E-state index in [1.807, 2.05) is 6.92 Å². The highest BCUT2D eigenvalue weighted by atomic mass is 127. The molecule has 1 saturated heterocycles. The van der Waals surface area contributed by atoms with Crippen LogP contribution >= 0.6 is 39.9 Å². The zero-order chi connectivity index (χ0) is 17.4. The Labute approximate surface area is 172 Å². The molecule has 1 aromatic rings. The Morgan fingerprint density at radius 1 is 1.44 bits per heavy atom. The summed E-state index contributed by atoms with van der Waals surface area (Å²) in [6.45, 7) is 1.50. The first-order valence-corrected chi connectivity index (χ1v) is 8.74. The maximum atomic E-state index is 12.5. The molecule has 2 rings (SSSR count). The van der Waals surface area contributed by atoms with Crippen LogP contribution in [0.3, 0.4) is 0 Å². The summed E-state index contributed by atoms with van der Waals surface area (Å²) in [6.07, 6.45) is 2.30. The first-order chi connectivity index (χ1) is 11.6. The fraction of sp³-hybridized carbons (Fsp3) is 0.562. The number of alkyl halides is 2. The molecular formula is C16H23BrF2IN3O2. The maximum Gasteiger partial charge on any atom is 0.387 e. The van der Waals surface area contributed by atoms with Gasteiger partial charge < -0.3 is 20.1 Å². The predicted octanol–water partition coefficient (Wildman–Crippen LogP) is 3.90. The van der Waals surface area contributed by atoms with Gasteiger partial charge in [0.2, 0.25) is 0 Å². The molecule has 2 N–H and O–H groups in total. The normalized spacial score (nSPS) is 17.3. The standard InChI is InChI=1S/C16H22BrF2N3O2.HI/c1-2-20-16(22-10-13-4-3-7-23-13)21-9-11-8-12(17)5-6-14(11)24-15(18)19;/h5-6,8,13,15H,2-4,7,9-10H2,1H3,(H2,20,21,22);1H. The van der Waals surface area contributed by atoms with E-state index in [0.717, 1.165) is 23.9 Å². The molecule has 0 aromatic heterocycles. The van der Waals surface area contributed by atoms with Gasteiger partial charge in [-0.05, 0) is 38.0 Å². The number of guanidine groups is 1. The van der Waals surface area contributed by atoms with Crippen molar-refractivity contribution in [3.05, 3.63) is 28.2 Å². The average Bonchev–Trinajstić information content (AvgIpc) is 3.05. The molecule has 0 aliphatic carbocycles. The van der Waals surface area contributed by atoms with Gasteiger partial charge in [0.05, 0.1) is 12.6 Å². The predicted molar refractivity (Wildman–Crippen MR) is 108 cm³/mol. The van der Waals surface area contributed by atoms with E-state index in [2.05, 4.69) is 36.3 Å². The molecule has 1 unspecified atom stereocenters. The molecule has 1 aromatic carbocycles. The number of aliphatic imine (C=N–C) groups is 1. The number of rotatable bonds is 7. The van der Waals surface area contributed by atoms with Crippen LogP contribution in [0.5, 0.6) is 5.75 Å². The van der Waals surface area contributed by atoms with Crippen LogP contribution in [-0.2, 0) is 11.3 Å². The molecule has 5 nitrogen and oxygen atoms in total. The molecule has 1 aliphatic rings. The Balaban J connectivity index is 0.00000312. The first-order valence-electron chi connectivity index (χ1n) is 7.95. The van der Waals surface area contributed by atoms with E-state index in [1.54, 1.807) is 12.1 Å². The quantitative estimate of drug-likeness (QED) is 0.317. The van der Waals surface area contributed by atoms with Crippen molar-refractivity contribution in [2.45, 2.75) is 39.0 Å². The Morgan fingerprint density at radius 2 is 2.24 bits per heavy atom. The highest BCUT2D eigenvalue weighted by Crippen LogP contribution is 2.25. The third-order valence-electron chi connectivity index (χ3n) is 3.51. The van der Waals surface area contributed by atoms with Crippen molar-refractivity contribution in [1.82, 2.24) is 10.6 Å². The van der Waals surface area contributed by atoms with Crippen LogP contribution in [0.25, 0.3) is 0 Å². The number of hydrogen-bond acceptors (Lipinski definition) is 3. The number of hydrogen-bond donors (Lipinski definition) is 2. The number of benzene rings is 1. The molecule has 1 fully saturated rings. The zero-order valence-corrected chi connectivity index (χ0v) is 17.9. The van der Waals surface area contributed by atoms with E-state index in [1.165, 1.54) is 6.07 Å². The minimum Gasteiger partial charge on any atom is -0.434 e. The summed E-state index contributed by atoms with van der Waals surface area (Å²) in [5, 5.41) is 6.36. The van der Waals surface area contributed by atoms with E-state index in [9.17, 15) is 8.78 Å². The van der Waals surface area contributed by atoms with Crippen LogP contribution < -0.4 is 15.4 Å². The van der Waals surface area contributed by atoms with Crippen molar-refractivity contribution >= 4 is 45.9 Å². The van der Waals surface area contributed by atoms with Gasteiger partial charge in [-0.15, -0.1) is 24.0 Å². The lowest BCUT2D eigenvalue weighted by Gasteiger charge is -2.15. The second-order valence-corrected chi connectivity index (χ2v) is 6.26. The Morgan fingerprint density at radius 3 is 2.88 bits per heavy atom. The van der Waals surface area contributed by atoms with Gasteiger partial charge in [0.15, 0.2) is 5.96 Å². The second-order valence-electron chi connectivity index (χ2n) is 5.34. The van der Waals surface area contributed by atoms with Crippen molar-refractivity contribution in [3.63, 3.8) is 0 Å². The highest BCUT2D eigenvalue weighted by Gasteiger charge is 2.15. The van der Waals surface area contributed by atoms with Gasteiger partial charge in [-0.2, -0.15) is 8.78 Å². The van der Waals surface area contributed by atoms with Gasteiger partial charge in [-0.1, -0.05) is 15.9 Å². The van der Waals surface area contributed by atoms with Gasteiger partial charge in [-0.3, -0.25) is 0 Å². The molecule has 0 radical (unpaired) electrons. The lowest BCUT2D eigenvalue weighted by molar-refractivity contribution is -0.0504. The first kappa shape index (κ1) is 22.4. The van der Waals surface area contributed by atoms with E-state index in [4.69, 9.17) is 4.74 Å². The second kappa shape index (κ2) is 11.8. The minimum atomic E-state index is -2.86. The molecule has 0 bridgehead atoms. The van der Waals surface area contributed by atoms with Gasteiger partial charge in [0, 0.05) is 29.7 Å². The van der Waals surface area contributed by atoms with Gasteiger partial charge in [-0.25, -0.2) is 4.99 Å². The van der Waals surface area contributed by atoms with Crippen LogP contribution in [0.15, 0.2) is 27.7 Å². The van der Waals surface area contributed by atoms with Crippen LogP contribution in [0.1, 0.15) is 25.3 Å². The smallest absolute Gasteiger partial charge is 0.387 e. The molecule has 0 amide bonds. The van der Waals surface area contributed by atoms with Crippen LogP contribution in [0.2, 0.25) is 0 Å². The van der Waals surface area contributed by atoms with Crippen LogP contribution in [0, 0.1) is 0 Å². The number of nitrogens with one attached hydrogen (secondary N) is 2. The summed E-state index contributed by atoms with van der Waals surface area (Å²) in [5.41, 5.74) is 0.582. The molecule has 1 heterocycles. The van der Waals surface area contributed by atoms with Crippen molar-refractivity contribution in [2.24, 2.45) is 4.99 Å². The van der Waals surface area contributed by atoms with Gasteiger partial charge >= 0.3 is 6.61 Å². The van der Waals surface area contributed by atoms with E-state index >= 15 is 0 Å². The fourth-order valence-electron chi connectivity index (χ4n) is 2.40. The topological polar surface area (TPSA) is 54.9 Å². The molecular weight excluding hydrogens is 511 g/mol. The number of nitrogens with zero attached hydrogens (tertiary/aromatic N) is 1. The van der Waals surface area contributed by atoms with Crippen molar-refractivity contribution in [1.29, 1.82) is 0 Å². The summed E-state index contributed by atoms with van der Waals surface area (Å²) in [5.74, 6) is 0.753. The molecule has 1 aliphatic heterocycles. The summed E-state index contributed by atoms with van der Waals surface area (Å²) in [4.78, 5) is 4.45. The third-order valence-corrected chi connectivity index (χ3v) is 4.00. The average molecular weight is 534 g/mol. The number of halogens is 4. The van der Waals surface area contributed by atoms with Gasteiger partial charge in [0.25, 0.3) is 0 Å².